The average molecular weight is 586 g/mol. The molecule has 1 atom stereocenters. The number of carbonyl (C=O) groups is 2. The molecule has 2 aromatic rings. The Hall–Kier alpha value is -4.41. The number of aliphatic imine (C=N–C) groups is 1. The Morgan fingerprint density at radius 2 is 1.67 bits per heavy atom. The Bertz CT molecular complexity index is 1270. The van der Waals surface area contributed by atoms with Gasteiger partial charge in [-0.2, -0.15) is 13.2 Å². The van der Waals surface area contributed by atoms with Gasteiger partial charge < -0.3 is 21.1 Å². The van der Waals surface area contributed by atoms with Crippen LogP contribution in [-0.4, -0.2) is 33.2 Å². The molecule has 0 saturated heterocycles. The van der Waals surface area contributed by atoms with Crippen molar-refractivity contribution in [3.63, 3.8) is 0 Å². The van der Waals surface area contributed by atoms with Gasteiger partial charge in [-0.15, -0.1) is 0 Å². The Labute approximate surface area is 244 Å². The third-order valence-electron chi connectivity index (χ3n) is 6.79. The lowest BCUT2D eigenvalue weighted by Gasteiger charge is -2.28. The number of pyridine rings is 1. The maximum atomic E-state index is 12.9. The summed E-state index contributed by atoms with van der Waals surface area (Å²) in [5.41, 5.74) is 8.07. The third kappa shape index (κ3) is 9.90. The molecule has 0 bridgehead atoms. The molecule has 0 spiro atoms. The Morgan fingerprint density at radius 3 is 2.17 bits per heavy atom. The van der Waals surface area contributed by atoms with Crippen molar-refractivity contribution in [2.24, 2.45) is 16.6 Å². The van der Waals surface area contributed by atoms with Gasteiger partial charge in [0.2, 0.25) is 0 Å². The lowest BCUT2D eigenvalue weighted by molar-refractivity contribution is -0.137. The number of nitrogens with two attached hydrogens (primary N) is 1. The van der Waals surface area contributed by atoms with E-state index in [1.54, 1.807) is 47.8 Å². The Kier molecular flexibility index (Phi) is 13.5. The summed E-state index contributed by atoms with van der Waals surface area (Å²) in [5, 5.41) is 9.30. The van der Waals surface area contributed by atoms with Crippen LogP contribution in [0.5, 0.6) is 0 Å². The highest BCUT2D eigenvalue weighted by atomic mass is 19.4. The van der Waals surface area contributed by atoms with Crippen molar-refractivity contribution in [2.45, 2.75) is 65.0 Å². The third-order valence-corrected chi connectivity index (χ3v) is 6.79. The molecule has 2 heterocycles. The number of benzene rings is 1. The summed E-state index contributed by atoms with van der Waals surface area (Å²) in [6.45, 7) is 7.70. The van der Waals surface area contributed by atoms with E-state index in [4.69, 9.17) is 15.6 Å². The van der Waals surface area contributed by atoms with Gasteiger partial charge in [0.05, 0.1) is 11.3 Å². The molecule has 4 N–H and O–H groups in total. The molecule has 2 aliphatic rings. The number of aromatic nitrogens is 1. The van der Waals surface area contributed by atoms with Crippen LogP contribution in [0.25, 0.3) is 5.57 Å². The first-order valence-electron chi connectivity index (χ1n) is 13.8. The van der Waals surface area contributed by atoms with Crippen LogP contribution in [0.3, 0.4) is 0 Å². The topological polar surface area (TPSA) is 121 Å². The van der Waals surface area contributed by atoms with Gasteiger partial charge in [0.15, 0.2) is 0 Å². The van der Waals surface area contributed by atoms with Gasteiger partial charge in [-0.25, -0.2) is 9.98 Å². The number of allylic oxidation sites excluding steroid dienone is 1. The van der Waals surface area contributed by atoms with Crippen LogP contribution in [0.4, 0.5) is 19.0 Å². The molecule has 4 rings (SSSR count). The minimum Gasteiger partial charge on any atom is -0.483 e. The van der Waals surface area contributed by atoms with Crippen molar-refractivity contribution in [1.82, 2.24) is 9.88 Å². The summed E-state index contributed by atoms with van der Waals surface area (Å²) in [5.74, 6) is -0.275. The van der Waals surface area contributed by atoms with Crippen molar-refractivity contribution in [3.8, 4) is 0 Å². The van der Waals surface area contributed by atoms with Crippen LogP contribution in [0.15, 0.2) is 78.5 Å². The van der Waals surface area contributed by atoms with E-state index in [1.807, 2.05) is 0 Å². The predicted octanol–water partition coefficient (Wildman–Crippen LogP) is 7.44. The number of alkyl halides is 3. The zero-order valence-electron chi connectivity index (χ0n) is 23.9. The highest BCUT2D eigenvalue weighted by molar-refractivity contribution is 6.06. The summed E-state index contributed by atoms with van der Waals surface area (Å²) in [4.78, 5) is 30.7. The highest BCUT2D eigenvalue weighted by Crippen LogP contribution is 2.33. The molecule has 1 fully saturated rings. The lowest BCUT2D eigenvalue weighted by Crippen LogP contribution is -2.29. The van der Waals surface area contributed by atoms with E-state index in [9.17, 15) is 18.0 Å². The molecule has 0 radical (unpaired) electrons. The summed E-state index contributed by atoms with van der Waals surface area (Å²) in [6.07, 6.45) is 11.3. The maximum Gasteiger partial charge on any atom is 0.416 e. The number of nitrogens with zero attached hydrogens (tertiary/aromatic N) is 3. The molecule has 1 aromatic heterocycles. The van der Waals surface area contributed by atoms with Gasteiger partial charge in [-0.3, -0.25) is 9.59 Å². The van der Waals surface area contributed by atoms with E-state index in [-0.39, 0.29) is 23.8 Å². The molecule has 1 aliphatic carbocycles. The smallest absolute Gasteiger partial charge is 0.416 e. The number of nitrogens with one attached hydrogen (secondary N) is 1. The molecule has 8 nitrogen and oxygen atoms in total. The fourth-order valence-corrected chi connectivity index (χ4v) is 4.47. The van der Waals surface area contributed by atoms with Crippen LogP contribution in [-0.2, 0) is 11.0 Å². The van der Waals surface area contributed by atoms with E-state index in [0.29, 0.717) is 11.5 Å². The summed E-state index contributed by atoms with van der Waals surface area (Å²) in [6, 6.07) is 8.39. The van der Waals surface area contributed by atoms with Crippen LogP contribution >= 0.6 is 0 Å². The molecule has 1 unspecified atom stereocenters. The maximum absolute atomic E-state index is 12.9. The summed E-state index contributed by atoms with van der Waals surface area (Å²) < 4.78 is 38.7. The SMILES string of the molecule is C1CCCCC1.C=CN1C=CN=C(N)/C1=C(\c1ccc(C(=O)Nc2cc(C(F)(F)F)ccn2)cc1)C(C)CC.O=CO. The van der Waals surface area contributed by atoms with Crippen molar-refractivity contribution < 1.29 is 27.9 Å². The van der Waals surface area contributed by atoms with Gasteiger partial charge in [-0.05, 0) is 47.7 Å². The number of carbonyl (C=O) groups excluding carboxylic acids is 1. The molecule has 226 valence electrons. The van der Waals surface area contributed by atoms with E-state index in [1.165, 1.54) is 38.5 Å². The number of halogens is 3. The second kappa shape index (κ2) is 16.8. The zero-order chi connectivity index (χ0) is 31.1. The molecule has 11 heteroatoms. The van der Waals surface area contributed by atoms with Crippen LogP contribution < -0.4 is 11.1 Å². The number of rotatable bonds is 6. The van der Waals surface area contributed by atoms with Gasteiger partial charge >= 0.3 is 6.18 Å². The van der Waals surface area contributed by atoms with Gasteiger partial charge in [0.1, 0.15) is 11.7 Å². The van der Waals surface area contributed by atoms with E-state index < -0.39 is 17.6 Å². The van der Waals surface area contributed by atoms with Crippen molar-refractivity contribution in [1.29, 1.82) is 0 Å². The molecule has 1 aliphatic heterocycles. The Morgan fingerprint density at radius 1 is 1.12 bits per heavy atom. The van der Waals surface area contributed by atoms with Gasteiger partial charge in [0, 0.05) is 30.4 Å². The van der Waals surface area contributed by atoms with Crippen LogP contribution in [0.2, 0.25) is 0 Å². The number of hydrogen-bond acceptors (Lipinski definition) is 6. The van der Waals surface area contributed by atoms with Crippen molar-refractivity contribution >= 4 is 29.6 Å². The number of hydrogen-bond donors (Lipinski definition) is 3. The minimum atomic E-state index is -4.53. The second-order valence-electron chi connectivity index (χ2n) is 9.66. The Balaban J connectivity index is 0.000000589. The van der Waals surface area contributed by atoms with Crippen LogP contribution in [0, 0.1) is 5.92 Å². The fraction of sp³-hybridized carbons (Fsp3) is 0.355. The molecular weight excluding hydrogens is 547 g/mol. The number of anilines is 1. The highest BCUT2D eigenvalue weighted by Gasteiger charge is 2.31. The molecular formula is C31H38F3N5O3. The number of amides is 1. The number of amidine groups is 1. The van der Waals surface area contributed by atoms with E-state index in [2.05, 4.69) is 35.7 Å². The van der Waals surface area contributed by atoms with E-state index >= 15 is 0 Å². The van der Waals surface area contributed by atoms with Gasteiger partial charge in [0.25, 0.3) is 12.4 Å². The quantitative estimate of drug-likeness (QED) is 0.303. The van der Waals surface area contributed by atoms with Crippen molar-refractivity contribution in [3.05, 3.63) is 90.2 Å². The van der Waals surface area contributed by atoms with Crippen molar-refractivity contribution in [2.75, 3.05) is 5.32 Å². The summed E-state index contributed by atoms with van der Waals surface area (Å²) >= 11 is 0. The molecule has 1 aromatic carbocycles. The average Bonchev–Trinajstić information content (AvgIpc) is 2.99. The number of carboxylic acid groups (broad SMARTS) is 1. The molecule has 1 saturated carbocycles. The molecule has 1 amide bonds. The van der Waals surface area contributed by atoms with Gasteiger partial charge in [-0.1, -0.05) is 71.1 Å². The largest absolute Gasteiger partial charge is 0.483 e. The molecule has 42 heavy (non-hydrogen) atoms. The summed E-state index contributed by atoms with van der Waals surface area (Å²) in [7, 11) is 0. The van der Waals surface area contributed by atoms with Crippen LogP contribution in [0.1, 0.15) is 80.3 Å². The lowest BCUT2D eigenvalue weighted by atomic mass is 9.88. The normalized spacial score (nSPS) is 16.4. The second-order valence-corrected chi connectivity index (χ2v) is 9.66. The predicted molar refractivity (Wildman–Crippen MR) is 159 cm³/mol. The first kappa shape index (κ1) is 33.8. The first-order valence-corrected chi connectivity index (χ1v) is 13.8. The monoisotopic (exact) mass is 585 g/mol. The minimum absolute atomic E-state index is 0.122. The standard InChI is InChI=1S/C24H24F3N5O.C6H12.CH2O2/c1-4-15(3)20(21-22(28)30-12-13-32(21)5-2)16-6-8-17(9-7-16)23(33)31-19-14-18(10-11-29-19)24(25,26)27;1-2-4-6-5-3-1;2-1-3/h5-15H,2,4H2,1,3H3,(H2,28,30)(H,29,31,33);1-6H2;1H,(H,2,3)/b21-20+;;. The first-order chi connectivity index (χ1) is 20.1. The fourth-order valence-electron chi connectivity index (χ4n) is 4.47. The zero-order valence-corrected chi connectivity index (χ0v) is 23.9. The van der Waals surface area contributed by atoms with E-state index in [0.717, 1.165) is 35.9 Å².